The quantitative estimate of drug-likeness (QED) is 0.669. The molecule has 14 heavy (non-hydrogen) atoms. The van der Waals surface area contributed by atoms with Crippen molar-refractivity contribution in [1.82, 2.24) is 5.32 Å². The maximum Gasteiger partial charge on any atom is 0.222 e. The van der Waals surface area contributed by atoms with Gasteiger partial charge in [0.15, 0.2) is 0 Å². The molecule has 4 nitrogen and oxygen atoms in total. The molecule has 1 aliphatic carbocycles. The molecule has 0 aromatic carbocycles. The normalized spacial score (nSPS) is 26.4. The largest absolute Gasteiger partial charge is 0.377 e. The highest BCUT2D eigenvalue weighted by molar-refractivity contribution is 5.75. The van der Waals surface area contributed by atoms with E-state index < -0.39 is 0 Å². The maximum absolute atomic E-state index is 10.9. The fourth-order valence-corrected chi connectivity index (χ4v) is 1.92. The predicted molar refractivity (Wildman–Crippen MR) is 54.8 cm³/mol. The molecule has 82 valence electrons. The summed E-state index contributed by atoms with van der Waals surface area (Å²) in [7, 11) is 1.64. The van der Waals surface area contributed by atoms with E-state index in [9.17, 15) is 4.79 Å². The Morgan fingerprint density at radius 3 is 3.00 bits per heavy atom. The minimum absolute atomic E-state index is 0.0345. The molecule has 4 heteroatoms. The first kappa shape index (κ1) is 11.5. The smallest absolute Gasteiger partial charge is 0.222 e. The molecule has 1 fully saturated rings. The highest BCUT2D eigenvalue weighted by atomic mass is 16.5. The van der Waals surface area contributed by atoms with Crippen molar-refractivity contribution in [3.05, 3.63) is 0 Å². The van der Waals surface area contributed by atoms with Crippen molar-refractivity contribution >= 4 is 5.91 Å². The number of hydrogen-bond acceptors (Lipinski definition) is 3. The van der Waals surface area contributed by atoms with Crippen molar-refractivity contribution in [1.29, 1.82) is 0 Å². The average molecular weight is 200 g/mol. The van der Waals surface area contributed by atoms with Crippen LogP contribution >= 0.6 is 0 Å². The fraction of sp³-hybridized carbons (Fsp3) is 0.900. The molecule has 1 aliphatic rings. The van der Waals surface area contributed by atoms with Crippen LogP contribution in [0.5, 0.6) is 0 Å². The van der Waals surface area contributed by atoms with E-state index in [1.165, 1.54) is 12.8 Å². The first-order chi connectivity index (χ1) is 6.77. The first-order valence-corrected chi connectivity index (χ1v) is 5.30. The summed E-state index contributed by atoms with van der Waals surface area (Å²) in [6, 6.07) is 0. The summed E-state index contributed by atoms with van der Waals surface area (Å²) < 4.78 is 5.64. The van der Waals surface area contributed by atoms with Gasteiger partial charge < -0.3 is 15.8 Å². The van der Waals surface area contributed by atoms with Crippen molar-refractivity contribution in [3.8, 4) is 0 Å². The summed E-state index contributed by atoms with van der Waals surface area (Å²) in [5.74, 6) is 0.534. The summed E-state index contributed by atoms with van der Waals surface area (Å²) in [5.41, 5.74) is 5.62. The lowest BCUT2D eigenvalue weighted by atomic mass is 10.1. The Hall–Kier alpha value is -0.610. The molecular weight excluding hydrogens is 180 g/mol. The van der Waals surface area contributed by atoms with E-state index in [4.69, 9.17) is 10.5 Å². The van der Waals surface area contributed by atoms with Gasteiger partial charge in [-0.1, -0.05) is 6.42 Å². The van der Waals surface area contributed by atoms with Gasteiger partial charge in [-0.05, 0) is 25.3 Å². The van der Waals surface area contributed by atoms with Crippen LogP contribution in [0.4, 0.5) is 0 Å². The van der Waals surface area contributed by atoms with Crippen LogP contribution in [-0.2, 0) is 9.53 Å². The minimum atomic E-state index is 0.0345. The molecule has 1 rings (SSSR count). The molecule has 0 saturated heterocycles. The van der Waals surface area contributed by atoms with Crippen LogP contribution in [0.15, 0.2) is 0 Å². The third-order valence-corrected chi connectivity index (χ3v) is 2.83. The summed E-state index contributed by atoms with van der Waals surface area (Å²) in [6.07, 6.45) is 4.19. The van der Waals surface area contributed by atoms with E-state index in [2.05, 4.69) is 5.32 Å². The second-order valence-electron chi connectivity index (χ2n) is 3.76. The molecule has 1 saturated carbocycles. The zero-order valence-corrected chi connectivity index (χ0v) is 8.79. The van der Waals surface area contributed by atoms with Gasteiger partial charge in [-0.2, -0.15) is 0 Å². The monoisotopic (exact) mass is 200 g/mol. The Bertz CT molecular complexity index is 185. The molecule has 0 aliphatic heterocycles. The van der Waals surface area contributed by atoms with Crippen LogP contribution in [0.2, 0.25) is 0 Å². The lowest BCUT2D eigenvalue weighted by Gasteiger charge is -2.18. The predicted octanol–water partition coefficient (Wildman–Crippen LogP) is 0.267. The number of hydrogen-bond donors (Lipinski definition) is 2. The molecule has 0 radical (unpaired) electrons. The van der Waals surface area contributed by atoms with Gasteiger partial charge in [-0.3, -0.25) is 4.79 Å². The molecule has 1 amide bonds. The van der Waals surface area contributed by atoms with Gasteiger partial charge in [0.1, 0.15) is 0 Å². The zero-order valence-electron chi connectivity index (χ0n) is 8.79. The average Bonchev–Trinajstić information content (AvgIpc) is 2.65. The topological polar surface area (TPSA) is 64.3 Å². The Morgan fingerprint density at radius 1 is 1.57 bits per heavy atom. The van der Waals surface area contributed by atoms with Crippen molar-refractivity contribution in [2.75, 3.05) is 20.2 Å². The fourth-order valence-electron chi connectivity index (χ4n) is 1.92. The van der Waals surface area contributed by atoms with Gasteiger partial charge in [-0.15, -0.1) is 0 Å². The number of nitrogens with one attached hydrogen (secondary N) is 1. The molecule has 0 aromatic rings. The van der Waals surface area contributed by atoms with Crippen LogP contribution in [-0.4, -0.2) is 32.2 Å². The maximum atomic E-state index is 10.9. The molecule has 2 unspecified atom stereocenters. The first-order valence-electron chi connectivity index (χ1n) is 5.30. The van der Waals surface area contributed by atoms with Gasteiger partial charge in [0, 0.05) is 13.5 Å². The van der Waals surface area contributed by atoms with E-state index in [-0.39, 0.29) is 12.0 Å². The number of nitrogens with two attached hydrogens (primary N) is 1. The van der Waals surface area contributed by atoms with Crippen LogP contribution in [0.25, 0.3) is 0 Å². The van der Waals surface area contributed by atoms with Gasteiger partial charge in [0.05, 0.1) is 12.7 Å². The van der Waals surface area contributed by atoms with Gasteiger partial charge in [-0.25, -0.2) is 0 Å². The number of rotatable bonds is 5. The van der Waals surface area contributed by atoms with E-state index in [1.807, 2.05) is 0 Å². The van der Waals surface area contributed by atoms with Crippen molar-refractivity contribution in [2.45, 2.75) is 31.8 Å². The molecular formula is C10H20N2O2. The highest BCUT2D eigenvalue weighted by Gasteiger charge is 2.26. The number of amides is 1. The molecule has 3 N–H and O–H groups in total. The Balaban J connectivity index is 2.14. The molecule has 0 spiro atoms. The summed E-state index contributed by atoms with van der Waals surface area (Å²) in [4.78, 5) is 10.9. The van der Waals surface area contributed by atoms with Crippen LogP contribution in [0.3, 0.4) is 0 Å². The number of carbonyl (C=O) groups is 1. The molecule has 0 aromatic heterocycles. The summed E-state index contributed by atoms with van der Waals surface area (Å²) in [5, 5.41) is 2.57. The van der Waals surface area contributed by atoms with E-state index >= 15 is 0 Å². The minimum Gasteiger partial charge on any atom is -0.377 e. The Kier molecular flexibility index (Phi) is 4.90. The third-order valence-electron chi connectivity index (χ3n) is 2.83. The van der Waals surface area contributed by atoms with Crippen molar-refractivity contribution < 1.29 is 9.53 Å². The van der Waals surface area contributed by atoms with Crippen LogP contribution in [0, 0.1) is 5.92 Å². The Labute approximate surface area is 85.2 Å². The second-order valence-corrected chi connectivity index (χ2v) is 3.76. The molecule has 0 heterocycles. The highest BCUT2D eigenvalue weighted by Crippen LogP contribution is 2.27. The van der Waals surface area contributed by atoms with Gasteiger partial charge in [0.25, 0.3) is 0 Å². The van der Waals surface area contributed by atoms with Crippen molar-refractivity contribution in [3.63, 3.8) is 0 Å². The SMILES string of the molecule is CNC(=O)CCOC1CCCC1CN. The lowest BCUT2D eigenvalue weighted by molar-refractivity contribution is -0.122. The lowest BCUT2D eigenvalue weighted by Crippen LogP contribution is -2.27. The number of carbonyl (C=O) groups excluding carboxylic acids is 1. The molecule has 2 atom stereocenters. The van der Waals surface area contributed by atoms with Crippen LogP contribution in [0.1, 0.15) is 25.7 Å². The van der Waals surface area contributed by atoms with E-state index in [0.29, 0.717) is 25.5 Å². The van der Waals surface area contributed by atoms with E-state index in [0.717, 1.165) is 6.42 Å². The van der Waals surface area contributed by atoms with E-state index in [1.54, 1.807) is 7.05 Å². The van der Waals surface area contributed by atoms with Crippen molar-refractivity contribution in [2.24, 2.45) is 11.7 Å². The molecule has 0 bridgehead atoms. The summed E-state index contributed by atoms with van der Waals surface area (Å²) >= 11 is 0. The summed E-state index contributed by atoms with van der Waals surface area (Å²) in [6.45, 7) is 1.21. The zero-order chi connectivity index (χ0) is 10.4. The Morgan fingerprint density at radius 2 is 2.36 bits per heavy atom. The van der Waals surface area contributed by atoms with Gasteiger partial charge >= 0.3 is 0 Å². The standard InChI is InChI=1S/C10H20N2O2/c1-12-10(13)5-6-14-9-4-2-3-8(9)7-11/h8-9H,2-7,11H2,1H3,(H,12,13). The second kappa shape index (κ2) is 5.98. The number of ether oxygens (including phenoxy) is 1. The van der Waals surface area contributed by atoms with Gasteiger partial charge in [0.2, 0.25) is 5.91 Å². The third kappa shape index (κ3) is 3.27. The van der Waals surface area contributed by atoms with Crippen LogP contribution < -0.4 is 11.1 Å².